The number of aryl methyl sites for hydroxylation is 1. The minimum absolute atomic E-state index is 0.0347. The number of aromatic carboxylic acids is 1. The second-order valence-corrected chi connectivity index (χ2v) is 6.31. The first kappa shape index (κ1) is 16.3. The second kappa shape index (κ2) is 6.15. The van der Waals surface area contributed by atoms with E-state index >= 15 is 0 Å². The van der Waals surface area contributed by atoms with E-state index in [0.29, 0.717) is 0 Å². The highest BCUT2D eigenvalue weighted by Crippen LogP contribution is 2.19. The fraction of sp³-hybridized carbons (Fsp3) is 0.308. The molecule has 5 nitrogen and oxygen atoms in total. The molecule has 0 atom stereocenters. The van der Waals surface area contributed by atoms with Crippen molar-refractivity contribution in [2.75, 3.05) is 6.54 Å². The van der Waals surface area contributed by atoms with E-state index in [1.54, 1.807) is 6.08 Å². The Bertz CT molecular complexity index is 661. The molecule has 0 spiro atoms. The number of halogens is 1. The topological polar surface area (TPSA) is 83.5 Å². The molecule has 1 aromatic carbocycles. The zero-order valence-electron chi connectivity index (χ0n) is 11.4. The first-order valence-electron chi connectivity index (χ1n) is 5.81. The van der Waals surface area contributed by atoms with E-state index in [-0.39, 0.29) is 17.0 Å². The third-order valence-corrected chi connectivity index (χ3v) is 3.96. The Hall–Kier alpha value is -1.73. The summed E-state index contributed by atoms with van der Waals surface area (Å²) < 4.78 is 39.9. The molecule has 7 heteroatoms. The minimum Gasteiger partial charge on any atom is -0.478 e. The lowest BCUT2D eigenvalue weighted by Gasteiger charge is -2.08. The molecule has 1 rings (SSSR count). The maximum atomic E-state index is 13.6. The molecule has 0 radical (unpaired) electrons. The van der Waals surface area contributed by atoms with Crippen LogP contribution in [0.4, 0.5) is 4.39 Å². The van der Waals surface area contributed by atoms with E-state index in [9.17, 15) is 17.6 Å². The Balaban J connectivity index is 3.19. The standard InChI is InChI=1S/C13H16FNO4S/c1-8(2)4-5-15-20(18,19)10-6-9(3)12(14)11(7-10)13(16)17/h4,6-7,15H,5H2,1-3H3,(H,16,17). The monoisotopic (exact) mass is 301 g/mol. The predicted molar refractivity (Wildman–Crippen MR) is 72.7 cm³/mol. The van der Waals surface area contributed by atoms with Crippen LogP contribution in [0.15, 0.2) is 28.7 Å². The van der Waals surface area contributed by atoms with E-state index in [2.05, 4.69) is 4.72 Å². The summed E-state index contributed by atoms with van der Waals surface area (Å²) in [4.78, 5) is 10.6. The molecule has 20 heavy (non-hydrogen) atoms. The summed E-state index contributed by atoms with van der Waals surface area (Å²) in [6.45, 7) is 5.04. The number of sulfonamides is 1. The molecule has 0 bridgehead atoms. The van der Waals surface area contributed by atoms with Crippen LogP contribution in [-0.4, -0.2) is 26.0 Å². The van der Waals surface area contributed by atoms with Gasteiger partial charge in [-0.05, 0) is 38.5 Å². The molecule has 0 amide bonds. The summed E-state index contributed by atoms with van der Waals surface area (Å²) >= 11 is 0. The second-order valence-electron chi connectivity index (χ2n) is 4.54. The Morgan fingerprint density at radius 3 is 2.50 bits per heavy atom. The van der Waals surface area contributed by atoms with Gasteiger partial charge in [-0.2, -0.15) is 0 Å². The van der Waals surface area contributed by atoms with Crippen LogP contribution in [0.1, 0.15) is 29.8 Å². The van der Waals surface area contributed by atoms with E-state index in [0.717, 1.165) is 17.7 Å². The quantitative estimate of drug-likeness (QED) is 0.816. The van der Waals surface area contributed by atoms with Crippen molar-refractivity contribution in [3.05, 3.63) is 40.7 Å². The summed E-state index contributed by atoms with van der Waals surface area (Å²) in [5.41, 5.74) is 0.245. The Morgan fingerprint density at radius 1 is 1.40 bits per heavy atom. The number of carboxylic acids is 1. The molecule has 0 aliphatic carbocycles. The van der Waals surface area contributed by atoms with Crippen LogP contribution >= 0.6 is 0 Å². The van der Waals surface area contributed by atoms with Gasteiger partial charge in [-0.3, -0.25) is 0 Å². The maximum absolute atomic E-state index is 13.6. The molecule has 0 saturated heterocycles. The molecule has 0 aliphatic heterocycles. The van der Waals surface area contributed by atoms with Crippen molar-refractivity contribution in [2.24, 2.45) is 0 Å². The largest absolute Gasteiger partial charge is 0.478 e. The van der Waals surface area contributed by atoms with Gasteiger partial charge in [0.15, 0.2) is 0 Å². The Morgan fingerprint density at radius 2 is 2.00 bits per heavy atom. The lowest BCUT2D eigenvalue weighted by molar-refractivity contribution is 0.0691. The van der Waals surface area contributed by atoms with Gasteiger partial charge in [0, 0.05) is 6.54 Å². The average Bonchev–Trinajstić information content (AvgIpc) is 2.31. The summed E-state index contributed by atoms with van der Waals surface area (Å²) in [6.07, 6.45) is 1.67. The van der Waals surface area contributed by atoms with Gasteiger partial charge in [0.2, 0.25) is 10.0 Å². The van der Waals surface area contributed by atoms with Gasteiger partial charge < -0.3 is 5.11 Å². The maximum Gasteiger partial charge on any atom is 0.338 e. The summed E-state index contributed by atoms with van der Waals surface area (Å²) in [5, 5.41) is 8.86. The molecule has 0 fully saturated rings. The van der Waals surface area contributed by atoms with Gasteiger partial charge in [0.1, 0.15) is 5.82 Å². The first-order chi connectivity index (χ1) is 9.15. The van der Waals surface area contributed by atoms with Crippen LogP contribution in [0.3, 0.4) is 0 Å². The van der Waals surface area contributed by atoms with Gasteiger partial charge in [0.25, 0.3) is 0 Å². The van der Waals surface area contributed by atoms with Gasteiger partial charge in [-0.25, -0.2) is 22.3 Å². The molecule has 0 aromatic heterocycles. The summed E-state index contributed by atoms with van der Waals surface area (Å²) in [6, 6.07) is 1.92. The number of hydrogen-bond donors (Lipinski definition) is 2. The molecule has 0 aliphatic rings. The molecule has 0 unspecified atom stereocenters. The third kappa shape index (κ3) is 3.88. The Kier molecular flexibility index (Phi) is 5.02. The lowest BCUT2D eigenvalue weighted by Crippen LogP contribution is -2.24. The van der Waals surface area contributed by atoms with Gasteiger partial charge >= 0.3 is 5.97 Å². The first-order valence-corrected chi connectivity index (χ1v) is 7.30. The molecule has 0 saturated carbocycles. The van der Waals surface area contributed by atoms with Gasteiger partial charge in [-0.1, -0.05) is 11.6 Å². The van der Waals surface area contributed by atoms with Crippen LogP contribution in [0.5, 0.6) is 0 Å². The molecule has 0 heterocycles. The number of nitrogens with one attached hydrogen (secondary N) is 1. The van der Waals surface area contributed by atoms with Crippen LogP contribution in [-0.2, 0) is 10.0 Å². The molecule has 110 valence electrons. The van der Waals surface area contributed by atoms with Gasteiger partial charge in [-0.15, -0.1) is 0 Å². The van der Waals surface area contributed by atoms with Crippen molar-refractivity contribution >= 4 is 16.0 Å². The highest BCUT2D eigenvalue weighted by atomic mass is 32.2. The predicted octanol–water partition coefficient (Wildman–Crippen LogP) is 2.08. The minimum atomic E-state index is -3.88. The number of allylic oxidation sites excluding steroid dienone is 1. The normalized spacial score (nSPS) is 11.2. The number of hydrogen-bond acceptors (Lipinski definition) is 3. The zero-order chi connectivity index (χ0) is 15.5. The fourth-order valence-electron chi connectivity index (χ4n) is 1.49. The highest BCUT2D eigenvalue weighted by molar-refractivity contribution is 7.89. The Labute approximate surface area is 117 Å². The average molecular weight is 301 g/mol. The van der Waals surface area contributed by atoms with Crippen LogP contribution in [0.2, 0.25) is 0 Å². The zero-order valence-corrected chi connectivity index (χ0v) is 12.2. The summed E-state index contributed by atoms with van der Waals surface area (Å²) in [7, 11) is -3.88. The molecule has 1 aromatic rings. The lowest BCUT2D eigenvalue weighted by atomic mass is 10.1. The number of carbonyl (C=O) groups is 1. The fourth-order valence-corrected chi connectivity index (χ4v) is 2.56. The molecule has 2 N–H and O–H groups in total. The SMILES string of the molecule is CC(C)=CCNS(=O)(=O)c1cc(C)c(F)c(C(=O)O)c1. The molecular formula is C13H16FNO4S. The van der Waals surface area contributed by atoms with Crippen LogP contribution in [0.25, 0.3) is 0 Å². The van der Waals surface area contributed by atoms with Crippen molar-refractivity contribution in [2.45, 2.75) is 25.7 Å². The van der Waals surface area contributed by atoms with Crippen molar-refractivity contribution in [1.82, 2.24) is 4.72 Å². The van der Waals surface area contributed by atoms with Crippen molar-refractivity contribution < 1.29 is 22.7 Å². The van der Waals surface area contributed by atoms with Gasteiger partial charge in [0.05, 0.1) is 10.5 Å². The highest BCUT2D eigenvalue weighted by Gasteiger charge is 2.20. The van der Waals surface area contributed by atoms with E-state index < -0.39 is 27.4 Å². The molecular weight excluding hydrogens is 285 g/mol. The van der Waals surface area contributed by atoms with Crippen molar-refractivity contribution in [1.29, 1.82) is 0 Å². The van der Waals surface area contributed by atoms with E-state index in [1.807, 2.05) is 13.8 Å². The van der Waals surface area contributed by atoms with E-state index in [4.69, 9.17) is 5.11 Å². The number of rotatable bonds is 5. The van der Waals surface area contributed by atoms with Crippen LogP contribution < -0.4 is 4.72 Å². The van der Waals surface area contributed by atoms with E-state index in [1.165, 1.54) is 6.92 Å². The van der Waals surface area contributed by atoms with Crippen molar-refractivity contribution in [3.8, 4) is 0 Å². The van der Waals surface area contributed by atoms with Crippen LogP contribution in [0, 0.1) is 12.7 Å². The summed E-state index contributed by atoms with van der Waals surface area (Å²) in [5.74, 6) is -2.44. The third-order valence-electron chi connectivity index (χ3n) is 2.55. The van der Waals surface area contributed by atoms with Crippen molar-refractivity contribution in [3.63, 3.8) is 0 Å². The smallest absolute Gasteiger partial charge is 0.338 e. The number of carboxylic acid groups (broad SMARTS) is 1. The number of benzene rings is 1.